The zero-order valence-corrected chi connectivity index (χ0v) is 17.7. The minimum Gasteiger partial charge on any atom is -0.489 e. The van der Waals surface area contributed by atoms with Gasteiger partial charge in [0.2, 0.25) is 0 Å². The highest BCUT2D eigenvalue weighted by Gasteiger charge is 2.16. The number of rotatable bonds is 7. The molecule has 0 amide bonds. The van der Waals surface area contributed by atoms with Crippen molar-refractivity contribution in [3.05, 3.63) is 77.9 Å². The SMILES string of the molecule is C/C=C\C.CC.CCOC(=O)C(O)Cc1ccc(OCc2ccccc2)cc1. The summed E-state index contributed by atoms with van der Waals surface area (Å²) in [6, 6.07) is 17.2. The normalized spacial score (nSPS) is 10.8. The zero-order chi connectivity index (χ0) is 21.2. The van der Waals surface area contributed by atoms with Crippen LogP contribution in [0.2, 0.25) is 0 Å². The number of hydrogen-bond acceptors (Lipinski definition) is 4. The summed E-state index contributed by atoms with van der Waals surface area (Å²) in [6.07, 6.45) is 3.11. The molecule has 0 heterocycles. The zero-order valence-electron chi connectivity index (χ0n) is 17.7. The van der Waals surface area contributed by atoms with Gasteiger partial charge < -0.3 is 14.6 Å². The lowest BCUT2D eigenvalue weighted by molar-refractivity contribution is -0.152. The van der Waals surface area contributed by atoms with Crippen molar-refractivity contribution in [2.24, 2.45) is 0 Å². The molecule has 0 fully saturated rings. The number of carbonyl (C=O) groups excluding carboxylic acids is 1. The summed E-state index contributed by atoms with van der Waals surface area (Å²) in [5.74, 6) is 0.158. The maximum absolute atomic E-state index is 11.4. The molecule has 0 radical (unpaired) electrons. The van der Waals surface area contributed by atoms with Gasteiger partial charge in [-0.15, -0.1) is 0 Å². The van der Waals surface area contributed by atoms with Crippen LogP contribution in [0, 0.1) is 0 Å². The molecule has 28 heavy (non-hydrogen) atoms. The van der Waals surface area contributed by atoms with Gasteiger partial charge in [0.05, 0.1) is 6.61 Å². The van der Waals surface area contributed by atoms with Crippen molar-refractivity contribution in [2.75, 3.05) is 6.61 Å². The third-order valence-electron chi connectivity index (χ3n) is 3.49. The number of benzene rings is 2. The number of carbonyl (C=O) groups is 1. The molecule has 1 unspecified atom stereocenters. The molecule has 1 N–H and O–H groups in total. The first-order chi connectivity index (χ1) is 13.6. The Kier molecular flexibility index (Phi) is 15.0. The van der Waals surface area contributed by atoms with Crippen LogP contribution in [0.4, 0.5) is 0 Å². The summed E-state index contributed by atoms with van der Waals surface area (Å²) in [7, 11) is 0. The van der Waals surface area contributed by atoms with Crippen molar-refractivity contribution < 1.29 is 19.4 Å². The first kappa shape index (κ1) is 25.4. The van der Waals surface area contributed by atoms with Gasteiger partial charge in [0.15, 0.2) is 6.10 Å². The molecule has 0 aliphatic carbocycles. The molecular formula is C24H34O4. The van der Waals surface area contributed by atoms with Crippen molar-refractivity contribution in [2.45, 2.75) is 53.8 Å². The molecule has 0 saturated carbocycles. The third kappa shape index (κ3) is 11.2. The summed E-state index contributed by atoms with van der Waals surface area (Å²) in [5.41, 5.74) is 1.96. The summed E-state index contributed by atoms with van der Waals surface area (Å²) in [6.45, 7) is 10.5. The average molecular weight is 387 g/mol. The molecule has 4 nitrogen and oxygen atoms in total. The first-order valence-corrected chi connectivity index (χ1v) is 9.78. The summed E-state index contributed by atoms with van der Waals surface area (Å²) in [5, 5.41) is 9.72. The third-order valence-corrected chi connectivity index (χ3v) is 3.49. The van der Waals surface area contributed by atoms with Gasteiger partial charge in [-0.1, -0.05) is 68.5 Å². The van der Waals surface area contributed by atoms with Crippen molar-refractivity contribution in [1.29, 1.82) is 0 Å². The van der Waals surface area contributed by atoms with Crippen LogP contribution >= 0.6 is 0 Å². The fourth-order valence-electron chi connectivity index (χ4n) is 2.01. The lowest BCUT2D eigenvalue weighted by atomic mass is 10.1. The van der Waals surface area contributed by atoms with Crippen LogP contribution in [0.15, 0.2) is 66.7 Å². The molecule has 0 bridgehead atoms. The van der Waals surface area contributed by atoms with E-state index in [9.17, 15) is 9.90 Å². The van der Waals surface area contributed by atoms with Crippen LogP contribution in [0.25, 0.3) is 0 Å². The number of esters is 1. The van der Waals surface area contributed by atoms with E-state index in [-0.39, 0.29) is 13.0 Å². The Labute approximate surface area is 169 Å². The standard InChI is InChI=1S/C18H20O4.C4H8.C2H6/c1-2-21-18(20)17(19)12-14-8-10-16(11-9-14)22-13-15-6-4-3-5-7-15;1-3-4-2;1-2/h3-11,17,19H,2,12-13H2,1H3;3-4H,1-2H3;1-2H3/b;4-3-;. The predicted octanol–water partition coefficient (Wildman–Crippen LogP) is 5.34. The largest absolute Gasteiger partial charge is 0.489 e. The average Bonchev–Trinajstić information content (AvgIpc) is 2.75. The number of aliphatic hydroxyl groups excluding tert-OH is 1. The highest BCUT2D eigenvalue weighted by Crippen LogP contribution is 2.15. The molecule has 0 saturated heterocycles. The van der Waals surface area contributed by atoms with Crippen LogP contribution < -0.4 is 4.74 Å². The van der Waals surface area contributed by atoms with E-state index in [1.807, 2.05) is 94.4 Å². The van der Waals surface area contributed by atoms with Gasteiger partial charge in [-0.2, -0.15) is 0 Å². The Balaban J connectivity index is 0.00000108. The molecule has 4 heteroatoms. The van der Waals surface area contributed by atoms with Crippen molar-refractivity contribution in [3.63, 3.8) is 0 Å². The minimum absolute atomic E-state index is 0.234. The molecule has 2 aromatic carbocycles. The molecular weight excluding hydrogens is 352 g/mol. The maximum atomic E-state index is 11.4. The quantitative estimate of drug-likeness (QED) is 0.515. The molecule has 2 rings (SSSR count). The number of ether oxygens (including phenoxy) is 2. The van der Waals surface area contributed by atoms with Gasteiger partial charge in [-0.3, -0.25) is 0 Å². The van der Waals surface area contributed by atoms with E-state index >= 15 is 0 Å². The number of aliphatic hydroxyl groups is 1. The highest BCUT2D eigenvalue weighted by atomic mass is 16.5. The smallest absolute Gasteiger partial charge is 0.335 e. The predicted molar refractivity (Wildman–Crippen MR) is 115 cm³/mol. The molecule has 0 aromatic heterocycles. The Hall–Kier alpha value is -2.59. The van der Waals surface area contributed by atoms with E-state index in [0.717, 1.165) is 16.9 Å². The van der Waals surface area contributed by atoms with Crippen LogP contribution in [0.3, 0.4) is 0 Å². The maximum Gasteiger partial charge on any atom is 0.335 e. The molecule has 0 aliphatic rings. The number of allylic oxidation sites excluding steroid dienone is 2. The van der Waals surface area contributed by atoms with Crippen molar-refractivity contribution in [1.82, 2.24) is 0 Å². The van der Waals surface area contributed by atoms with Gasteiger partial charge in [0, 0.05) is 6.42 Å². The highest BCUT2D eigenvalue weighted by molar-refractivity contribution is 5.74. The number of hydrogen-bond donors (Lipinski definition) is 1. The van der Waals surface area contributed by atoms with Crippen LogP contribution in [0.5, 0.6) is 5.75 Å². The Morgan fingerprint density at radius 2 is 1.54 bits per heavy atom. The molecule has 154 valence electrons. The van der Waals surface area contributed by atoms with Crippen LogP contribution in [-0.4, -0.2) is 23.8 Å². The molecule has 0 aliphatic heterocycles. The van der Waals surface area contributed by atoms with E-state index in [2.05, 4.69) is 0 Å². The van der Waals surface area contributed by atoms with Crippen molar-refractivity contribution >= 4 is 5.97 Å². The van der Waals surface area contributed by atoms with E-state index in [0.29, 0.717) is 6.61 Å². The topological polar surface area (TPSA) is 55.8 Å². The Bertz CT molecular complexity index is 644. The van der Waals surface area contributed by atoms with Crippen LogP contribution in [-0.2, 0) is 22.6 Å². The Morgan fingerprint density at radius 3 is 2.04 bits per heavy atom. The molecule has 1 atom stereocenters. The fourth-order valence-corrected chi connectivity index (χ4v) is 2.01. The van der Waals surface area contributed by atoms with Crippen molar-refractivity contribution in [3.8, 4) is 5.75 Å². The fraction of sp³-hybridized carbons (Fsp3) is 0.375. The van der Waals surface area contributed by atoms with E-state index in [1.54, 1.807) is 6.92 Å². The van der Waals surface area contributed by atoms with E-state index in [1.165, 1.54) is 0 Å². The second kappa shape index (κ2) is 16.6. The Morgan fingerprint density at radius 1 is 0.964 bits per heavy atom. The lowest BCUT2D eigenvalue weighted by Crippen LogP contribution is -2.25. The molecule has 0 spiro atoms. The summed E-state index contributed by atoms with van der Waals surface area (Å²) < 4.78 is 10.5. The van der Waals surface area contributed by atoms with Gasteiger partial charge in [0.1, 0.15) is 12.4 Å². The second-order valence-corrected chi connectivity index (χ2v) is 5.56. The van der Waals surface area contributed by atoms with E-state index in [4.69, 9.17) is 9.47 Å². The lowest BCUT2D eigenvalue weighted by Gasteiger charge is -2.10. The minimum atomic E-state index is -1.13. The monoisotopic (exact) mass is 386 g/mol. The summed E-state index contributed by atoms with van der Waals surface area (Å²) >= 11 is 0. The molecule has 2 aromatic rings. The van der Waals surface area contributed by atoms with Gasteiger partial charge >= 0.3 is 5.97 Å². The van der Waals surface area contributed by atoms with Gasteiger partial charge in [0.25, 0.3) is 0 Å². The second-order valence-electron chi connectivity index (χ2n) is 5.56. The first-order valence-electron chi connectivity index (χ1n) is 9.78. The van der Waals surface area contributed by atoms with E-state index < -0.39 is 12.1 Å². The van der Waals surface area contributed by atoms with Gasteiger partial charge in [-0.05, 0) is 44.0 Å². The van der Waals surface area contributed by atoms with Crippen LogP contribution in [0.1, 0.15) is 45.7 Å². The van der Waals surface area contributed by atoms with Gasteiger partial charge in [-0.25, -0.2) is 4.79 Å². The summed E-state index contributed by atoms with van der Waals surface area (Å²) in [4.78, 5) is 11.4.